The third-order valence-corrected chi connectivity index (χ3v) is 10.4. The number of rotatable bonds is 10. The van der Waals surface area contributed by atoms with Crippen LogP contribution in [0.4, 0.5) is 13.6 Å². The molecule has 2 amide bonds. The van der Waals surface area contributed by atoms with E-state index in [9.17, 15) is 22.0 Å². The van der Waals surface area contributed by atoms with Gasteiger partial charge in [0.05, 0.1) is 6.26 Å². The summed E-state index contributed by atoms with van der Waals surface area (Å²) in [5, 5.41) is 6.70. The lowest BCUT2D eigenvalue weighted by Crippen LogP contribution is -2.54. The third-order valence-electron chi connectivity index (χ3n) is 9.09. The van der Waals surface area contributed by atoms with Gasteiger partial charge in [0.2, 0.25) is 10.0 Å². The topological polar surface area (TPSA) is 85.0 Å². The number of hydrogen-bond donors (Lipinski definition) is 2. The van der Waals surface area contributed by atoms with Gasteiger partial charge in [-0.3, -0.25) is 0 Å². The van der Waals surface area contributed by atoms with Crippen molar-refractivity contribution in [2.45, 2.75) is 76.8 Å². The van der Waals surface area contributed by atoms with Crippen LogP contribution in [0.3, 0.4) is 0 Å². The first-order valence-electron chi connectivity index (χ1n) is 15.4. The van der Waals surface area contributed by atoms with E-state index < -0.39 is 21.7 Å². The minimum Gasteiger partial charge on any atom is -0.335 e. The van der Waals surface area contributed by atoms with Crippen LogP contribution < -0.4 is 10.6 Å². The van der Waals surface area contributed by atoms with Gasteiger partial charge in [0.25, 0.3) is 0 Å². The smallest absolute Gasteiger partial charge is 0.317 e. The molecule has 4 rings (SSSR count). The number of likely N-dealkylation sites (tertiary alicyclic amines) is 1. The first-order valence-corrected chi connectivity index (χ1v) is 17.3. The zero-order valence-electron chi connectivity index (χ0n) is 25.0. The molecular formula is C30H49F2N5O3S. The van der Waals surface area contributed by atoms with Gasteiger partial charge in [-0.1, -0.05) is 13.8 Å². The van der Waals surface area contributed by atoms with Gasteiger partial charge in [0, 0.05) is 50.9 Å². The fourth-order valence-electron chi connectivity index (χ4n) is 6.86. The van der Waals surface area contributed by atoms with Gasteiger partial charge in [-0.25, -0.2) is 26.3 Å². The monoisotopic (exact) mass is 597 g/mol. The molecule has 0 bridgehead atoms. The number of sulfonamides is 1. The Kier molecular flexibility index (Phi) is 11.4. The van der Waals surface area contributed by atoms with E-state index in [1.165, 1.54) is 22.7 Å². The summed E-state index contributed by atoms with van der Waals surface area (Å²) < 4.78 is 53.9. The summed E-state index contributed by atoms with van der Waals surface area (Å²) in [5.41, 5.74) is 0.658. The van der Waals surface area contributed by atoms with Crippen LogP contribution in [0.5, 0.6) is 0 Å². The molecule has 1 atom stereocenters. The molecule has 1 aromatic carbocycles. The van der Waals surface area contributed by atoms with Crippen molar-refractivity contribution >= 4 is 16.1 Å². The second kappa shape index (κ2) is 14.6. The number of hydrogen-bond acceptors (Lipinski definition) is 5. The van der Waals surface area contributed by atoms with Crippen LogP contribution in [0.1, 0.15) is 70.3 Å². The predicted molar refractivity (Wildman–Crippen MR) is 158 cm³/mol. The lowest BCUT2D eigenvalue weighted by molar-refractivity contribution is 0.136. The SMILES string of the molecule is CC(C)CN(C(=O)NC1CCN(CC[C@@H](c2cc(F)cc(F)c2)C2CCN(S(C)(=O)=O)CC2)CC1)C1CCNCC1. The summed E-state index contributed by atoms with van der Waals surface area (Å²) >= 11 is 0. The second-order valence-corrected chi connectivity index (χ2v) is 14.7. The summed E-state index contributed by atoms with van der Waals surface area (Å²) in [6, 6.07) is 4.25. The van der Waals surface area contributed by atoms with Gasteiger partial charge >= 0.3 is 6.03 Å². The number of amides is 2. The highest BCUT2D eigenvalue weighted by Gasteiger charge is 2.33. The summed E-state index contributed by atoms with van der Waals surface area (Å²) in [6.45, 7) is 10.4. The Morgan fingerprint density at radius 3 is 2.17 bits per heavy atom. The minimum absolute atomic E-state index is 0.0473. The number of benzene rings is 1. The van der Waals surface area contributed by atoms with E-state index in [0.29, 0.717) is 37.4 Å². The first kappa shape index (κ1) is 32.1. The molecule has 0 aliphatic carbocycles. The molecule has 0 saturated carbocycles. The molecule has 3 saturated heterocycles. The van der Waals surface area contributed by atoms with Crippen molar-refractivity contribution in [1.29, 1.82) is 0 Å². The number of carbonyl (C=O) groups is 1. The summed E-state index contributed by atoms with van der Waals surface area (Å²) in [4.78, 5) is 17.7. The molecule has 11 heteroatoms. The molecule has 8 nitrogen and oxygen atoms in total. The third kappa shape index (κ3) is 9.33. The molecule has 0 spiro atoms. The average molecular weight is 598 g/mol. The Morgan fingerprint density at radius 1 is 1.00 bits per heavy atom. The molecule has 3 heterocycles. The molecule has 1 aromatic rings. The van der Waals surface area contributed by atoms with Crippen LogP contribution in [-0.2, 0) is 10.0 Å². The number of urea groups is 1. The molecule has 0 unspecified atom stereocenters. The maximum atomic E-state index is 14.2. The van der Waals surface area contributed by atoms with Crippen molar-refractivity contribution in [1.82, 2.24) is 24.7 Å². The Balaban J connectivity index is 1.32. The largest absolute Gasteiger partial charge is 0.335 e. The summed E-state index contributed by atoms with van der Waals surface area (Å²) in [6.07, 6.45) is 7.06. The molecule has 0 aromatic heterocycles. The number of piperidine rings is 3. The number of halogens is 2. The lowest BCUT2D eigenvalue weighted by Gasteiger charge is -2.39. The molecule has 3 aliphatic heterocycles. The van der Waals surface area contributed by atoms with Crippen molar-refractivity contribution in [2.75, 3.05) is 58.6 Å². The van der Waals surface area contributed by atoms with Gasteiger partial charge in [0.15, 0.2) is 0 Å². The molecule has 232 valence electrons. The van der Waals surface area contributed by atoms with Gasteiger partial charge in [-0.15, -0.1) is 0 Å². The Hall–Kier alpha value is -1.82. The fraction of sp³-hybridized carbons (Fsp3) is 0.767. The fourth-order valence-corrected chi connectivity index (χ4v) is 7.74. The van der Waals surface area contributed by atoms with E-state index in [-0.39, 0.29) is 30.0 Å². The Bertz CT molecular complexity index is 1080. The van der Waals surface area contributed by atoms with E-state index in [4.69, 9.17) is 0 Å². The Morgan fingerprint density at radius 2 is 1.61 bits per heavy atom. The Labute approximate surface area is 245 Å². The normalized spacial score (nSPS) is 21.7. The summed E-state index contributed by atoms with van der Waals surface area (Å²) in [5.74, 6) is -0.630. The van der Waals surface area contributed by atoms with Gasteiger partial charge in [-0.05, 0) is 100 Å². The van der Waals surface area contributed by atoms with E-state index >= 15 is 0 Å². The van der Waals surface area contributed by atoms with Crippen LogP contribution in [0.25, 0.3) is 0 Å². The molecule has 41 heavy (non-hydrogen) atoms. The quantitative estimate of drug-likeness (QED) is 0.426. The molecule has 3 aliphatic rings. The zero-order valence-corrected chi connectivity index (χ0v) is 25.8. The molecule has 0 radical (unpaired) electrons. The number of nitrogens with one attached hydrogen (secondary N) is 2. The molecular weight excluding hydrogens is 548 g/mol. The zero-order chi connectivity index (χ0) is 29.6. The molecule has 3 fully saturated rings. The van der Waals surface area contributed by atoms with Crippen molar-refractivity contribution in [3.8, 4) is 0 Å². The van der Waals surface area contributed by atoms with Crippen LogP contribution in [0.2, 0.25) is 0 Å². The van der Waals surface area contributed by atoms with Crippen molar-refractivity contribution in [3.05, 3.63) is 35.4 Å². The summed E-state index contributed by atoms with van der Waals surface area (Å²) in [7, 11) is -3.25. The van der Waals surface area contributed by atoms with Crippen molar-refractivity contribution < 1.29 is 22.0 Å². The van der Waals surface area contributed by atoms with E-state index in [1.807, 2.05) is 0 Å². The number of nitrogens with zero attached hydrogens (tertiary/aromatic N) is 3. The van der Waals surface area contributed by atoms with Gasteiger partial charge < -0.3 is 20.4 Å². The standard InChI is InChI=1S/C30H49F2N5O3S/c1-22(2)21-37(28-4-11-33-12-5-28)30(38)34-27-8-13-35(14-9-27)15-10-29(24-18-25(31)20-26(32)19-24)23-6-16-36(17-7-23)41(3,39)40/h18-20,22-23,27-29,33H,4-17,21H2,1-3H3,(H,34,38)/t29-/m1/s1. The van der Waals surface area contributed by atoms with Crippen LogP contribution >= 0.6 is 0 Å². The van der Waals surface area contributed by atoms with Crippen LogP contribution in [0, 0.1) is 23.5 Å². The maximum absolute atomic E-state index is 14.2. The van der Waals surface area contributed by atoms with Crippen LogP contribution in [-0.4, -0.2) is 99.3 Å². The minimum atomic E-state index is -3.25. The highest BCUT2D eigenvalue weighted by molar-refractivity contribution is 7.88. The lowest BCUT2D eigenvalue weighted by atomic mass is 9.78. The van der Waals surface area contributed by atoms with E-state index in [2.05, 4.69) is 34.3 Å². The second-order valence-electron chi connectivity index (χ2n) is 12.7. The predicted octanol–water partition coefficient (Wildman–Crippen LogP) is 3.99. The average Bonchev–Trinajstić information content (AvgIpc) is 2.92. The van der Waals surface area contributed by atoms with Gasteiger partial charge in [-0.2, -0.15) is 0 Å². The van der Waals surface area contributed by atoms with Crippen molar-refractivity contribution in [2.24, 2.45) is 11.8 Å². The highest BCUT2D eigenvalue weighted by atomic mass is 32.2. The van der Waals surface area contributed by atoms with Crippen LogP contribution in [0.15, 0.2) is 18.2 Å². The van der Waals surface area contributed by atoms with E-state index in [0.717, 1.165) is 77.4 Å². The number of carbonyl (C=O) groups excluding carboxylic acids is 1. The first-order chi connectivity index (χ1) is 19.5. The molecule has 2 N–H and O–H groups in total. The highest BCUT2D eigenvalue weighted by Crippen LogP contribution is 2.37. The van der Waals surface area contributed by atoms with E-state index in [1.54, 1.807) is 0 Å². The van der Waals surface area contributed by atoms with Gasteiger partial charge in [0.1, 0.15) is 11.6 Å². The maximum Gasteiger partial charge on any atom is 0.317 e. The van der Waals surface area contributed by atoms with Crippen molar-refractivity contribution in [3.63, 3.8) is 0 Å².